The van der Waals surface area contributed by atoms with Crippen LogP contribution in [-0.4, -0.2) is 46.9 Å². The average Bonchev–Trinajstić information content (AvgIpc) is 2.55. The van der Waals surface area contributed by atoms with Gasteiger partial charge in [0.2, 0.25) is 0 Å². The molecule has 6 nitrogen and oxygen atoms in total. The maximum Gasteiger partial charge on any atom is 0.191 e. The lowest BCUT2D eigenvalue weighted by atomic mass is 10.2. The number of ether oxygens (including phenoxy) is 1. The van der Waals surface area contributed by atoms with Gasteiger partial charge in [0.05, 0.1) is 11.4 Å². The monoisotopic (exact) mass is 483 g/mol. The van der Waals surface area contributed by atoms with E-state index in [0.29, 0.717) is 23.8 Å². The Morgan fingerprint density at radius 3 is 2.36 bits per heavy atom. The van der Waals surface area contributed by atoms with Gasteiger partial charge in [-0.3, -0.25) is 4.99 Å². The van der Waals surface area contributed by atoms with Crippen LogP contribution in [-0.2, 0) is 9.84 Å². The van der Waals surface area contributed by atoms with Crippen LogP contribution in [0.4, 0.5) is 0 Å². The van der Waals surface area contributed by atoms with E-state index in [4.69, 9.17) is 4.74 Å². The zero-order valence-corrected chi connectivity index (χ0v) is 18.4. The molecule has 0 aliphatic heterocycles. The molecule has 1 rings (SSSR count). The fraction of sp³-hybridized carbons (Fsp3) is 0.588. The smallest absolute Gasteiger partial charge is 0.191 e. The molecule has 0 heterocycles. The number of hydrogen-bond donors (Lipinski definition) is 2. The van der Waals surface area contributed by atoms with E-state index in [1.54, 1.807) is 24.3 Å². The number of aliphatic imine (C=N–C) groups is 1. The minimum absolute atomic E-state index is 0. The Balaban J connectivity index is 0.00000576. The zero-order valence-electron chi connectivity index (χ0n) is 15.2. The van der Waals surface area contributed by atoms with Gasteiger partial charge in [-0.05, 0) is 37.6 Å². The number of unbranched alkanes of at least 4 members (excludes halogenated alkanes) is 2. The maximum atomic E-state index is 11.4. The molecule has 25 heavy (non-hydrogen) atoms. The number of halogens is 1. The largest absolute Gasteiger partial charge is 0.492 e. The van der Waals surface area contributed by atoms with Crippen LogP contribution in [0.15, 0.2) is 34.2 Å². The standard InChI is InChI=1S/C17H29N3O3S.HI/c1-4-6-7-12-19-17(18-5-2)20-13-14-23-15-8-10-16(11-9-15)24(3,21)22;/h8-11H,4-7,12-14H2,1-3H3,(H2,18,19,20);1H. The molecule has 144 valence electrons. The Bertz CT molecular complexity index is 604. The van der Waals surface area contributed by atoms with Crippen LogP contribution < -0.4 is 15.4 Å². The molecular formula is C17H30IN3O3S. The van der Waals surface area contributed by atoms with Crippen molar-refractivity contribution in [2.24, 2.45) is 4.99 Å². The number of guanidine groups is 1. The highest BCUT2D eigenvalue weighted by Gasteiger charge is 2.06. The van der Waals surface area contributed by atoms with Crippen molar-refractivity contribution in [1.29, 1.82) is 0 Å². The molecule has 0 saturated heterocycles. The van der Waals surface area contributed by atoms with Gasteiger partial charge in [-0.25, -0.2) is 8.42 Å². The molecule has 0 spiro atoms. The highest BCUT2D eigenvalue weighted by atomic mass is 127. The van der Waals surface area contributed by atoms with Crippen LogP contribution in [0.2, 0.25) is 0 Å². The summed E-state index contributed by atoms with van der Waals surface area (Å²) in [6.45, 7) is 6.92. The second kappa shape index (κ2) is 13.2. The van der Waals surface area contributed by atoms with Crippen molar-refractivity contribution in [3.05, 3.63) is 24.3 Å². The highest BCUT2D eigenvalue weighted by Crippen LogP contribution is 2.15. The van der Waals surface area contributed by atoms with E-state index < -0.39 is 9.84 Å². The first-order valence-electron chi connectivity index (χ1n) is 8.42. The van der Waals surface area contributed by atoms with Crippen molar-refractivity contribution in [2.75, 3.05) is 32.5 Å². The first-order valence-corrected chi connectivity index (χ1v) is 10.3. The Labute approximate surface area is 168 Å². The van der Waals surface area contributed by atoms with Gasteiger partial charge >= 0.3 is 0 Å². The van der Waals surface area contributed by atoms with Gasteiger partial charge in [0.15, 0.2) is 15.8 Å². The van der Waals surface area contributed by atoms with Crippen molar-refractivity contribution in [3.8, 4) is 5.75 Å². The number of benzene rings is 1. The highest BCUT2D eigenvalue weighted by molar-refractivity contribution is 14.0. The van der Waals surface area contributed by atoms with E-state index in [1.807, 2.05) is 6.92 Å². The van der Waals surface area contributed by atoms with Crippen molar-refractivity contribution in [2.45, 2.75) is 38.0 Å². The van der Waals surface area contributed by atoms with Gasteiger partial charge in [-0.2, -0.15) is 0 Å². The fourth-order valence-corrected chi connectivity index (χ4v) is 2.65. The lowest BCUT2D eigenvalue weighted by molar-refractivity contribution is 0.321. The third-order valence-corrected chi connectivity index (χ3v) is 4.42. The summed E-state index contributed by atoms with van der Waals surface area (Å²) in [6, 6.07) is 6.44. The van der Waals surface area contributed by atoms with Gasteiger partial charge in [0.25, 0.3) is 0 Å². The van der Waals surface area contributed by atoms with Crippen LogP contribution in [0.25, 0.3) is 0 Å². The SMILES string of the molecule is CCCCCN=C(NCC)NCCOc1ccc(S(C)(=O)=O)cc1.I. The minimum atomic E-state index is -3.17. The van der Waals surface area contributed by atoms with E-state index in [2.05, 4.69) is 22.5 Å². The van der Waals surface area contributed by atoms with Crippen molar-refractivity contribution >= 4 is 39.8 Å². The molecule has 0 fully saturated rings. The number of hydrogen-bond acceptors (Lipinski definition) is 4. The van der Waals surface area contributed by atoms with Crippen LogP contribution in [0.1, 0.15) is 33.1 Å². The topological polar surface area (TPSA) is 79.8 Å². The Morgan fingerprint density at radius 1 is 1.12 bits per heavy atom. The Morgan fingerprint density at radius 2 is 1.80 bits per heavy atom. The maximum absolute atomic E-state index is 11.4. The third-order valence-electron chi connectivity index (χ3n) is 3.29. The lowest BCUT2D eigenvalue weighted by Crippen LogP contribution is -2.39. The molecule has 1 aromatic rings. The average molecular weight is 483 g/mol. The molecular weight excluding hydrogens is 453 g/mol. The van der Waals surface area contributed by atoms with Gasteiger partial charge in [0, 0.05) is 19.3 Å². The molecule has 0 bridgehead atoms. The number of nitrogens with one attached hydrogen (secondary N) is 2. The van der Waals surface area contributed by atoms with E-state index in [1.165, 1.54) is 19.1 Å². The van der Waals surface area contributed by atoms with E-state index in [0.717, 1.165) is 25.5 Å². The summed E-state index contributed by atoms with van der Waals surface area (Å²) in [5.74, 6) is 1.44. The van der Waals surface area contributed by atoms with Gasteiger partial charge in [0.1, 0.15) is 12.4 Å². The van der Waals surface area contributed by atoms with Crippen molar-refractivity contribution in [1.82, 2.24) is 10.6 Å². The quantitative estimate of drug-likeness (QED) is 0.232. The molecule has 1 aromatic carbocycles. The lowest BCUT2D eigenvalue weighted by Gasteiger charge is -2.12. The predicted octanol–water partition coefficient (Wildman–Crippen LogP) is 2.83. The molecule has 0 aliphatic carbocycles. The Kier molecular flexibility index (Phi) is 12.7. The molecule has 0 unspecified atom stereocenters. The summed E-state index contributed by atoms with van der Waals surface area (Å²) in [6.07, 6.45) is 4.66. The third kappa shape index (κ3) is 10.5. The first-order chi connectivity index (χ1) is 11.5. The summed E-state index contributed by atoms with van der Waals surface area (Å²) in [7, 11) is -3.17. The number of rotatable bonds is 10. The first kappa shape index (κ1) is 24.0. The van der Waals surface area contributed by atoms with Crippen molar-refractivity contribution < 1.29 is 13.2 Å². The summed E-state index contributed by atoms with van der Waals surface area (Å²) in [5, 5.41) is 6.42. The molecule has 0 aliphatic rings. The number of sulfone groups is 1. The molecule has 0 saturated carbocycles. The molecule has 8 heteroatoms. The molecule has 0 aromatic heterocycles. The summed E-state index contributed by atoms with van der Waals surface area (Å²) in [5.41, 5.74) is 0. The second-order valence-corrected chi connectivity index (χ2v) is 7.50. The Hall–Kier alpha value is -1.03. The fourth-order valence-electron chi connectivity index (χ4n) is 2.02. The van der Waals surface area contributed by atoms with E-state index in [9.17, 15) is 8.42 Å². The van der Waals surface area contributed by atoms with E-state index >= 15 is 0 Å². The summed E-state index contributed by atoms with van der Waals surface area (Å²) >= 11 is 0. The van der Waals surface area contributed by atoms with Crippen LogP contribution >= 0.6 is 24.0 Å². The summed E-state index contributed by atoms with van der Waals surface area (Å²) < 4.78 is 28.4. The summed E-state index contributed by atoms with van der Waals surface area (Å²) in [4.78, 5) is 4.80. The van der Waals surface area contributed by atoms with Crippen LogP contribution in [0, 0.1) is 0 Å². The number of nitrogens with zero attached hydrogens (tertiary/aromatic N) is 1. The van der Waals surface area contributed by atoms with Crippen LogP contribution in [0.5, 0.6) is 5.75 Å². The van der Waals surface area contributed by atoms with Crippen LogP contribution in [0.3, 0.4) is 0 Å². The van der Waals surface area contributed by atoms with Gasteiger partial charge in [-0.15, -0.1) is 24.0 Å². The predicted molar refractivity (Wildman–Crippen MR) is 114 cm³/mol. The van der Waals surface area contributed by atoms with E-state index in [-0.39, 0.29) is 24.0 Å². The van der Waals surface area contributed by atoms with Gasteiger partial charge in [-0.1, -0.05) is 19.8 Å². The van der Waals surface area contributed by atoms with Gasteiger partial charge < -0.3 is 15.4 Å². The minimum Gasteiger partial charge on any atom is -0.492 e. The second-order valence-electron chi connectivity index (χ2n) is 5.49. The molecule has 0 atom stereocenters. The van der Waals surface area contributed by atoms with Crippen molar-refractivity contribution in [3.63, 3.8) is 0 Å². The molecule has 2 N–H and O–H groups in total. The molecule has 0 radical (unpaired) electrons. The normalized spacial score (nSPS) is 11.6. The molecule has 0 amide bonds. The zero-order chi connectivity index (χ0) is 17.8.